The van der Waals surface area contributed by atoms with Crippen LogP contribution in [0, 0.1) is 6.92 Å². The minimum absolute atomic E-state index is 0.0619. The van der Waals surface area contributed by atoms with Crippen molar-refractivity contribution in [2.24, 2.45) is 7.05 Å². The molecular formula is C14H17N3O2. The van der Waals surface area contributed by atoms with Crippen molar-refractivity contribution in [3.05, 3.63) is 41.7 Å². The minimum Gasteiger partial charge on any atom is -0.497 e. The van der Waals surface area contributed by atoms with Crippen LogP contribution in [0.15, 0.2) is 30.3 Å². The number of nitrogens with zero attached hydrogens (tertiary/aromatic N) is 2. The maximum Gasteiger partial charge on any atom is 0.230 e. The number of ether oxygens (including phenoxy) is 1. The smallest absolute Gasteiger partial charge is 0.230 e. The number of hydrogen-bond acceptors (Lipinski definition) is 3. The highest BCUT2D eigenvalue weighted by atomic mass is 16.5. The van der Waals surface area contributed by atoms with Crippen molar-refractivity contribution in [2.45, 2.75) is 13.3 Å². The Balaban J connectivity index is 1.99. The molecule has 0 spiro atoms. The summed E-state index contributed by atoms with van der Waals surface area (Å²) < 4.78 is 6.79. The normalized spacial score (nSPS) is 10.3. The van der Waals surface area contributed by atoms with E-state index in [2.05, 4.69) is 10.4 Å². The zero-order chi connectivity index (χ0) is 13.8. The number of methoxy groups -OCH3 is 1. The van der Waals surface area contributed by atoms with Crippen molar-refractivity contribution >= 4 is 11.6 Å². The van der Waals surface area contributed by atoms with Crippen LogP contribution in [0.1, 0.15) is 11.4 Å². The Labute approximate surface area is 112 Å². The number of carbonyl (C=O) groups excluding carboxylic acids is 1. The second-order valence-corrected chi connectivity index (χ2v) is 4.35. The summed E-state index contributed by atoms with van der Waals surface area (Å²) >= 11 is 0. The Kier molecular flexibility index (Phi) is 3.85. The van der Waals surface area contributed by atoms with Gasteiger partial charge in [0.2, 0.25) is 5.91 Å². The summed E-state index contributed by atoms with van der Waals surface area (Å²) in [6.07, 6.45) is 0.309. The van der Waals surface area contributed by atoms with Gasteiger partial charge in [-0.15, -0.1) is 0 Å². The van der Waals surface area contributed by atoms with Gasteiger partial charge in [0.15, 0.2) is 0 Å². The summed E-state index contributed by atoms with van der Waals surface area (Å²) in [5.74, 6) is 0.702. The van der Waals surface area contributed by atoms with E-state index >= 15 is 0 Å². The van der Waals surface area contributed by atoms with Gasteiger partial charge in [-0.1, -0.05) is 0 Å². The lowest BCUT2D eigenvalue weighted by molar-refractivity contribution is -0.115. The summed E-state index contributed by atoms with van der Waals surface area (Å²) in [5, 5.41) is 7.06. The van der Waals surface area contributed by atoms with Crippen LogP contribution in [0.25, 0.3) is 0 Å². The van der Waals surface area contributed by atoms with Gasteiger partial charge in [-0.2, -0.15) is 5.10 Å². The van der Waals surface area contributed by atoms with E-state index in [1.54, 1.807) is 11.8 Å². The van der Waals surface area contributed by atoms with Crippen molar-refractivity contribution < 1.29 is 9.53 Å². The lowest BCUT2D eigenvalue weighted by atomic mass is 10.2. The van der Waals surface area contributed by atoms with E-state index in [0.29, 0.717) is 6.42 Å². The van der Waals surface area contributed by atoms with E-state index < -0.39 is 0 Å². The molecule has 2 aromatic rings. The standard InChI is InChI=1S/C14H17N3O2/c1-10-8-12(17(2)16-10)9-14(18)15-11-4-6-13(19-3)7-5-11/h4-8H,9H2,1-3H3,(H,15,18). The largest absolute Gasteiger partial charge is 0.497 e. The molecule has 1 heterocycles. The van der Waals surface area contributed by atoms with Crippen molar-refractivity contribution in [2.75, 3.05) is 12.4 Å². The zero-order valence-corrected chi connectivity index (χ0v) is 11.3. The fourth-order valence-electron chi connectivity index (χ4n) is 1.87. The molecule has 0 saturated carbocycles. The molecule has 0 bridgehead atoms. The van der Waals surface area contributed by atoms with E-state index in [1.807, 2.05) is 44.3 Å². The van der Waals surface area contributed by atoms with Crippen LogP contribution >= 0.6 is 0 Å². The number of aryl methyl sites for hydroxylation is 2. The van der Waals surface area contributed by atoms with Crippen LogP contribution < -0.4 is 10.1 Å². The molecule has 1 amide bonds. The summed E-state index contributed by atoms with van der Waals surface area (Å²) in [6, 6.07) is 9.15. The van der Waals surface area contributed by atoms with E-state index in [4.69, 9.17) is 4.74 Å². The van der Waals surface area contributed by atoms with Crippen LogP contribution in [0.2, 0.25) is 0 Å². The summed E-state index contributed by atoms with van der Waals surface area (Å²) in [6.45, 7) is 1.91. The van der Waals surface area contributed by atoms with Gasteiger partial charge in [0.25, 0.3) is 0 Å². The fraction of sp³-hybridized carbons (Fsp3) is 0.286. The van der Waals surface area contributed by atoms with Crippen molar-refractivity contribution in [3.8, 4) is 5.75 Å². The summed E-state index contributed by atoms with van der Waals surface area (Å²) in [5.41, 5.74) is 2.56. The molecule has 5 nitrogen and oxygen atoms in total. The highest BCUT2D eigenvalue weighted by Gasteiger charge is 2.08. The number of hydrogen-bond donors (Lipinski definition) is 1. The Hall–Kier alpha value is -2.30. The topological polar surface area (TPSA) is 56.1 Å². The first-order chi connectivity index (χ1) is 9.08. The molecule has 0 saturated heterocycles. The third-order valence-electron chi connectivity index (χ3n) is 2.81. The Morgan fingerprint density at radius 2 is 2.05 bits per heavy atom. The second kappa shape index (κ2) is 5.56. The molecule has 0 radical (unpaired) electrons. The van der Waals surface area contributed by atoms with Gasteiger partial charge in [-0.25, -0.2) is 0 Å². The van der Waals surface area contributed by atoms with Gasteiger partial charge in [0.1, 0.15) is 5.75 Å². The van der Waals surface area contributed by atoms with E-state index in [9.17, 15) is 4.79 Å². The molecule has 1 aromatic carbocycles. The molecule has 1 aromatic heterocycles. The average Bonchev–Trinajstić information content (AvgIpc) is 2.68. The Bertz CT molecular complexity index is 573. The lowest BCUT2D eigenvalue weighted by Gasteiger charge is -2.06. The van der Waals surface area contributed by atoms with Crippen molar-refractivity contribution in [1.82, 2.24) is 9.78 Å². The van der Waals surface area contributed by atoms with Crippen LogP contribution in [-0.4, -0.2) is 22.8 Å². The minimum atomic E-state index is -0.0619. The molecule has 5 heteroatoms. The van der Waals surface area contributed by atoms with Crippen LogP contribution in [0.5, 0.6) is 5.75 Å². The van der Waals surface area contributed by atoms with Crippen molar-refractivity contribution in [3.63, 3.8) is 0 Å². The quantitative estimate of drug-likeness (QED) is 0.912. The Morgan fingerprint density at radius 3 is 2.58 bits per heavy atom. The molecule has 19 heavy (non-hydrogen) atoms. The summed E-state index contributed by atoms with van der Waals surface area (Å²) in [7, 11) is 3.45. The number of anilines is 1. The fourth-order valence-corrected chi connectivity index (χ4v) is 1.87. The molecule has 2 rings (SSSR count). The van der Waals surface area contributed by atoms with Gasteiger partial charge in [0, 0.05) is 18.4 Å². The molecule has 0 aliphatic heterocycles. The SMILES string of the molecule is COc1ccc(NC(=O)Cc2cc(C)nn2C)cc1. The number of nitrogens with one attached hydrogen (secondary N) is 1. The van der Waals surface area contributed by atoms with Gasteiger partial charge in [-0.3, -0.25) is 9.48 Å². The van der Waals surface area contributed by atoms with Crippen LogP contribution in [0.4, 0.5) is 5.69 Å². The van der Waals surface area contributed by atoms with Gasteiger partial charge in [-0.05, 0) is 37.3 Å². The van der Waals surface area contributed by atoms with Gasteiger partial charge < -0.3 is 10.1 Å². The van der Waals surface area contributed by atoms with Crippen molar-refractivity contribution in [1.29, 1.82) is 0 Å². The number of amides is 1. The number of aromatic nitrogens is 2. The Morgan fingerprint density at radius 1 is 1.37 bits per heavy atom. The molecular weight excluding hydrogens is 242 g/mol. The third-order valence-corrected chi connectivity index (χ3v) is 2.81. The predicted molar refractivity (Wildman–Crippen MR) is 73.3 cm³/mol. The molecule has 0 fully saturated rings. The second-order valence-electron chi connectivity index (χ2n) is 4.35. The van der Waals surface area contributed by atoms with Crippen LogP contribution in [-0.2, 0) is 18.3 Å². The van der Waals surface area contributed by atoms with Gasteiger partial charge >= 0.3 is 0 Å². The first-order valence-corrected chi connectivity index (χ1v) is 6.02. The number of benzene rings is 1. The molecule has 1 N–H and O–H groups in total. The van der Waals surface area contributed by atoms with Gasteiger partial charge in [0.05, 0.1) is 19.2 Å². The van der Waals surface area contributed by atoms with E-state index in [0.717, 1.165) is 22.8 Å². The molecule has 100 valence electrons. The molecule has 0 unspecified atom stereocenters. The molecule has 0 aliphatic rings. The molecule has 0 atom stereocenters. The van der Waals surface area contributed by atoms with E-state index in [1.165, 1.54) is 0 Å². The first-order valence-electron chi connectivity index (χ1n) is 6.02. The summed E-state index contributed by atoms with van der Waals surface area (Å²) in [4.78, 5) is 11.9. The number of carbonyl (C=O) groups is 1. The van der Waals surface area contributed by atoms with Crippen LogP contribution in [0.3, 0.4) is 0 Å². The highest BCUT2D eigenvalue weighted by Crippen LogP contribution is 2.15. The average molecular weight is 259 g/mol. The maximum atomic E-state index is 11.9. The third kappa shape index (κ3) is 3.34. The first kappa shape index (κ1) is 13.1. The van der Waals surface area contributed by atoms with E-state index in [-0.39, 0.29) is 5.91 Å². The predicted octanol–water partition coefficient (Wildman–Crippen LogP) is 1.92. The highest BCUT2D eigenvalue weighted by molar-refractivity contribution is 5.92. The number of rotatable bonds is 4. The monoisotopic (exact) mass is 259 g/mol. The lowest BCUT2D eigenvalue weighted by Crippen LogP contribution is -2.16. The maximum absolute atomic E-state index is 11.9. The zero-order valence-electron chi connectivity index (χ0n) is 11.3. The molecule has 0 aliphatic carbocycles.